The second-order valence-corrected chi connectivity index (χ2v) is 7.01. The molecule has 1 amide bonds. The first kappa shape index (κ1) is 21.0. The smallest absolute Gasteiger partial charge is 0.330 e. The molecule has 156 valence electrons. The van der Waals surface area contributed by atoms with Gasteiger partial charge in [0.05, 0.1) is 12.0 Å². The molecule has 0 atom stereocenters. The van der Waals surface area contributed by atoms with Crippen LogP contribution < -0.4 is 4.90 Å². The van der Waals surface area contributed by atoms with Gasteiger partial charge in [-0.3, -0.25) is 14.9 Å². The molecular weight excluding hydrogens is 386 g/mol. The summed E-state index contributed by atoms with van der Waals surface area (Å²) >= 11 is 0. The molecule has 8 heteroatoms. The first-order chi connectivity index (χ1) is 14.4. The Morgan fingerprint density at radius 2 is 1.73 bits per heavy atom. The number of hydrogen-bond donors (Lipinski definition) is 0. The predicted molar refractivity (Wildman–Crippen MR) is 113 cm³/mol. The van der Waals surface area contributed by atoms with Crippen LogP contribution in [-0.4, -0.2) is 55.0 Å². The van der Waals surface area contributed by atoms with Gasteiger partial charge >= 0.3 is 5.97 Å². The van der Waals surface area contributed by atoms with E-state index in [4.69, 9.17) is 0 Å². The van der Waals surface area contributed by atoms with Crippen molar-refractivity contribution >= 4 is 29.3 Å². The van der Waals surface area contributed by atoms with Crippen molar-refractivity contribution in [1.82, 2.24) is 4.90 Å². The third-order valence-electron chi connectivity index (χ3n) is 5.02. The van der Waals surface area contributed by atoms with Crippen LogP contribution >= 0.6 is 0 Å². The summed E-state index contributed by atoms with van der Waals surface area (Å²) in [5.74, 6) is -0.566. The van der Waals surface area contributed by atoms with E-state index in [2.05, 4.69) is 4.74 Å². The number of aryl methyl sites for hydroxylation is 1. The van der Waals surface area contributed by atoms with Gasteiger partial charge in [0.2, 0.25) is 0 Å². The van der Waals surface area contributed by atoms with Gasteiger partial charge in [-0.2, -0.15) is 0 Å². The number of carbonyl (C=O) groups is 2. The molecule has 1 aliphatic heterocycles. The van der Waals surface area contributed by atoms with Crippen molar-refractivity contribution < 1.29 is 19.2 Å². The molecule has 2 aromatic rings. The molecule has 30 heavy (non-hydrogen) atoms. The number of esters is 1. The zero-order valence-electron chi connectivity index (χ0n) is 16.9. The highest BCUT2D eigenvalue weighted by Crippen LogP contribution is 2.30. The number of anilines is 1. The van der Waals surface area contributed by atoms with E-state index in [9.17, 15) is 19.7 Å². The van der Waals surface area contributed by atoms with Crippen LogP contribution in [0.5, 0.6) is 0 Å². The van der Waals surface area contributed by atoms with Crippen LogP contribution in [0.25, 0.3) is 6.08 Å². The second kappa shape index (κ2) is 9.21. The van der Waals surface area contributed by atoms with Crippen LogP contribution in [0.3, 0.4) is 0 Å². The molecule has 0 aliphatic carbocycles. The molecule has 1 heterocycles. The number of nitro benzene ring substituents is 1. The molecule has 3 rings (SSSR count). The third kappa shape index (κ3) is 4.83. The summed E-state index contributed by atoms with van der Waals surface area (Å²) in [5.41, 5.74) is 2.72. The fourth-order valence-corrected chi connectivity index (χ4v) is 3.32. The van der Waals surface area contributed by atoms with Gasteiger partial charge in [0.25, 0.3) is 11.6 Å². The van der Waals surface area contributed by atoms with Crippen molar-refractivity contribution in [3.63, 3.8) is 0 Å². The van der Waals surface area contributed by atoms with Gasteiger partial charge in [-0.15, -0.1) is 0 Å². The number of hydrogen-bond acceptors (Lipinski definition) is 6. The van der Waals surface area contributed by atoms with E-state index >= 15 is 0 Å². The molecule has 2 aromatic carbocycles. The molecule has 1 saturated heterocycles. The molecule has 0 radical (unpaired) electrons. The standard InChI is InChI=1S/C22H23N3O5/c1-16-3-7-18(8-4-16)22(27)24-13-11-23(12-14-24)19-9-5-17(6-10-21(26)30-2)15-20(19)25(28)29/h3-10,15H,11-14H2,1-2H3/b10-6+. The van der Waals surface area contributed by atoms with E-state index in [1.165, 1.54) is 25.3 Å². The lowest BCUT2D eigenvalue weighted by Crippen LogP contribution is -2.49. The first-order valence-electron chi connectivity index (χ1n) is 9.54. The van der Waals surface area contributed by atoms with Gasteiger partial charge < -0.3 is 14.5 Å². The van der Waals surface area contributed by atoms with Gasteiger partial charge in [-0.25, -0.2) is 4.79 Å². The number of ether oxygens (including phenoxy) is 1. The van der Waals surface area contributed by atoms with E-state index in [0.717, 1.165) is 5.56 Å². The largest absolute Gasteiger partial charge is 0.466 e. The Kier molecular flexibility index (Phi) is 6.46. The second-order valence-electron chi connectivity index (χ2n) is 7.01. The highest BCUT2D eigenvalue weighted by molar-refractivity contribution is 5.94. The number of methoxy groups -OCH3 is 1. The highest BCUT2D eigenvalue weighted by Gasteiger charge is 2.26. The van der Waals surface area contributed by atoms with Crippen LogP contribution in [0.1, 0.15) is 21.5 Å². The van der Waals surface area contributed by atoms with E-state index in [-0.39, 0.29) is 11.6 Å². The SMILES string of the molecule is COC(=O)/C=C/c1ccc(N2CCN(C(=O)c3ccc(C)cc3)CC2)c([N+](=O)[O-])c1. The fourth-order valence-electron chi connectivity index (χ4n) is 3.32. The maximum atomic E-state index is 12.7. The Labute approximate surface area is 174 Å². The Morgan fingerprint density at radius 1 is 1.07 bits per heavy atom. The summed E-state index contributed by atoms with van der Waals surface area (Å²) in [4.78, 5) is 38.8. The Morgan fingerprint density at radius 3 is 2.33 bits per heavy atom. The number of nitro groups is 1. The third-order valence-corrected chi connectivity index (χ3v) is 5.02. The van der Waals surface area contributed by atoms with Gasteiger partial charge in [-0.05, 0) is 36.8 Å². The van der Waals surface area contributed by atoms with Gasteiger partial charge in [0, 0.05) is 43.9 Å². The number of carbonyl (C=O) groups excluding carboxylic acids is 2. The topological polar surface area (TPSA) is 93.0 Å². The molecular formula is C22H23N3O5. The van der Waals surface area contributed by atoms with E-state index < -0.39 is 10.9 Å². The summed E-state index contributed by atoms with van der Waals surface area (Å²) in [6, 6.07) is 12.3. The monoisotopic (exact) mass is 409 g/mol. The minimum atomic E-state index is -0.531. The first-order valence-corrected chi connectivity index (χ1v) is 9.54. The summed E-state index contributed by atoms with van der Waals surface area (Å²) in [6.07, 6.45) is 2.69. The van der Waals surface area contributed by atoms with Crippen LogP contribution in [0, 0.1) is 17.0 Å². The van der Waals surface area contributed by atoms with Crippen LogP contribution in [0.2, 0.25) is 0 Å². The van der Waals surface area contributed by atoms with Crippen LogP contribution in [0.4, 0.5) is 11.4 Å². The average Bonchev–Trinajstić information content (AvgIpc) is 2.77. The summed E-state index contributed by atoms with van der Waals surface area (Å²) in [7, 11) is 1.27. The summed E-state index contributed by atoms with van der Waals surface area (Å²) < 4.78 is 4.54. The Hall–Kier alpha value is -3.68. The van der Waals surface area contributed by atoms with Crippen molar-refractivity contribution in [3.05, 3.63) is 75.3 Å². The van der Waals surface area contributed by atoms with Gasteiger partial charge in [0.1, 0.15) is 5.69 Å². The fraction of sp³-hybridized carbons (Fsp3) is 0.273. The van der Waals surface area contributed by atoms with Crippen LogP contribution in [0.15, 0.2) is 48.5 Å². The normalized spacial score (nSPS) is 14.1. The number of piperazine rings is 1. The number of amides is 1. The predicted octanol–water partition coefficient (Wildman–Crippen LogP) is 3.05. The lowest BCUT2D eigenvalue weighted by Gasteiger charge is -2.36. The summed E-state index contributed by atoms with van der Waals surface area (Å²) in [6.45, 7) is 3.92. The quantitative estimate of drug-likeness (QED) is 0.326. The molecule has 1 fully saturated rings. The average molecular weight is 409 g/mol. The van der Waals surface area contributed by atoms with Crippen molar-refractivity contribution in [2.24, 2.45) is 0 Å². The number of benzene rings is 2. The lowest BCUT2D eigenvalue weighted by molar-refractivity contribution is -0.384. The highest BCUT2D eigenvalue weighted by atomic mass is 16.6. The van der Waals surface area contributed by atoms with Crippen LogP contribution in [-0.2, 0) is 9.53 Å². The van der Waals surface area contributed by atoms with E-state index in [1.807, 2.05) is 36.1 Å². The zero-order chi connectivity index (χ0) is 21.7. The molecule has 0 unspecified atom stereocenters. The molecule has 0 bridgehead atoms. The van der Waals surface area contributed by atoms with E-state index in [0.29, 0.717) is 43.0 Å². The Balaban J connectivity index is 1.72. The minimum absolute atomic E-state index is 0.0348. The maximum absolute atomic E-state index is 12.7. The number of nitrogens with zero attached hydrogens (tertiary/aromatic N) is 3. The van der Waals surface area contributed by atoms with E-state index in [1.54, 1.807) is 17.0 Å². The summed E-state index contributed by atoms with van der Waals surface area (Å²) in [5, 5.41) is 11.6. The maximum Gasteiger partial charge on any atom is 0.330 e. The van der Waals surface area contributed by atoms with Crippen molar-refractivity contribution in [2.75, 3.05) is 38.2 Å². The van der Waals surface area contributed by atoms with Crippen molar-refractivity contribution in [2.45, 2.75) is 6.92 Å². The minimum Gasteiger partial charge on any atom is -0.466 e. The molecule has 0 saturated carbocycles. The zero-order valence-corrected chi connectivity index (χ0v) is 16.9. The number of rotatable bonds is 5. The lowest BCUT2D eigenvalue weighted by atomic mass is 10.1. The van der Waals surface area contributed by atoms with Gasteiger partial charge in [-0.1, -0.05) is 23.8 Å². The molecule has 0 N–H and O–H groups in total. The van der Waals surface area contributed by atoms with Crippen molar-refractivity contribution in [3.8, 4) is 0 Å². The molecule has 1 aliphatic rings. The van der Waals surface area contributed by atoms with Crippen molar-refractivity contribution in [1.29, 1.82) is 0 Å². The van der Waals surface area contributed by atoms with Gasteiger partial charge in [0.15, 0.2) is 0 Å². The molecule has 0 aromatic heterocycles. The molecule has 0 spiro atoms. The Bertz CT molecular complexity index is 977. The molecule has 8 nitrogen and oxygen atoms in total.